The van der Waals surface area contributed by atoms with Crippen LogP contribution in [0.2, 0.25) is 0 Å². The number of benzene rings is 1. The molecule has 3 aromatic rings. The van der Waals surface area contributed by atoms with Gasteiger partial charge < -0.3 is 16.4 Å². The van der Waals surface area contributed by atoms with E-state index in [0.29, 0.717) is 23.5 Å². The average molecular weight is 299 g/mol. The number of hydrogen-bond acceptors (Lipinski definition) is 7. The van der Waals surface area contributed by atoms with E-state index in [1.165, 1.54) is 12.1 Å². The third-order valence-corrected chi connectivity index (χ3v) is 3.16. The highest BCUT2D eigenvalue weighted by molar-refractivity contribution is 5.82. The van der Waals surface area contributed by atoms with E-state index in [2.05, 4.69) is 19.9 Å². The molecule has 112 valence electrons. The van der Waals surface area contributed by atoms with Gasteiger partial charge in [0.2, 0.25) is 5.95 Å². The van der Waals surface area contributed by atoms with Crippen molar-refractivity contribution in [1.29, 1.82) is 0 Å². The molecular formula is C14H14FN7. The topological polar surface area (TPSA) is 107 Å². The number of halogens is 1. The number of nitrogen functional groups attached to an aromatic ring is 2. The van der Waals surface area contributed by atoms with Gasteiger partial charge in [-0.3, -0.25) is 0 Å². The number of nitrogens with two attached hydrogens (primary N) is 2. The number of aromatic nitrogens is 4. The average Bonchev–Trinajstić information content (AvgIpc) is 2.49. The van der Waals surface area contributed by atoms with Crippen molar-refractivity contribution >= 4 is 28.7 Å². The highest BCUT2D eigenvalue weighted by atomic mass is 19.1. The molecule has 0 saturated heterocycles. The summed E-state index contributed by atoms with van der Waals surface area (Å²) in [6.07, 6.45) is 1.58. The van der Waals surface area contributed by atoms with E-state index in [1.54, 1.807) is 18.3 Å². The summed E-state index contributed by atoms with van der Waals surface area (Å²) in [5, 5.41) is 0. The number of fused-ring (bicyclic) bond motifs is 1. The monoisotopic (exact) mass is 299 g/mol. The Bertz CT molecular complexity index is 819. The molecule has 0 unspecified atom stereocenters. The fourth-order valence-electron chi connectivity index (χ4n) is 2.07. The van der Waals surface area contributed by atoms with E-state index < -0.39 is 0 Å². The maximum Gasteiger partial charge on any atom is 0.224 e. The van der Waals surface area contributed by atoms with Gasteiger partial charge in [0, 0.05) is 13.6 Å². The molecule has 1 aromatic carbocycles. The Balaban J connectivity index is 1.90. The van der Waals surface area contributed by atoms with E-state index in [9.17, 15) is 4.39 Å². The highest BCUT2D eigenvalue weighted by Gasteiger charge is 2.10. The minimum atomic E-state index is -0.264. The summed E-state index contributed by atoms with van der Waals surface area (Å²) < 4.78 is 12.9. The Morgan fingerprint density at radius 2 is 1.82 bits per heavy atom. The van der Waals surface area contributed by atoms with E-state index in [0.717, 1.165) is 5.56 Å². The van der Waals surface area contributed by atoms with Crippen molar-refractivity contribution in [2.24, 2.45) is 0 Å². The van der Waals surface area contributed by atoms with Crippen LogP contribution >= 0.6 is 0 Å². The Hall–Kier alpha value is -3.03. The van der Waals surface area contributed by atoms with Crippen LogP contribution in [-0.2, 0) is 6.54 Å². The minimum absolute atomic E-state index is 0.0618. The molecule has 0 aliphatic carbocycles. The lowest BCUT2D eigenvalue weighted by atomic mass is 10.2. The molecule has 4 N–H and O–H groups in total. The van der Waals surface area contributed by atoms with Crippen LogP contribution < -0.4 is 16.4 Å². The van der Waals surface area contributed by atoms with Crippen molar-refractivity contribution < 1.29 is 4.39 Å². The molecule has 0 bridgehead atoms. The van der Waals surface area contributed by atoms with Gasteiger partial charge in [-0.1, -0.05) is 12.1 Å². The van der Waals surface area contributed by atoms with Gasteiger partial charge in [-0.05, 0) is 17.7 Å². The van der Waals surface area contributed by atoms with Gasteiger partial charge in [-0.2, -0.15) is 9.97 Å². The zero-order valence-electron chi connectivity index (χ0n) is 11.9. The second-order valence-electron chi connectivity index (χ2n) is 4.85. The van der Waals surface area contributed by atoms with Crippen LogP contribution in [0.5, 0.6) is 0 Å². The third-order valence-electron chi connectivity index (χ3n) is 3.16. The summed E-state index contributed by atoms with van der Waals surface area (Å²) >= 11 is 0. The quantitative estimate of drug-likeness (QED) is 0.751. The Morgan fingerprint density at radius 3 is 2.55 bits per heavy atom. The molecule has 3 rings (SSSR count). The maximum absolute atomic E-state index is 12.9. The molecule has 0 amide bonds. The first-order chi connectivity index (χ1) is 10.5. The SMILES string of the molecule is CN(Cc1ccc(F)cc1)c1cnc2nc(N)nc(N)c2n1. The molecule has 8 heteroatoms. The first-order valence-corrected chi connectivity index (χ1v) is 6.54. The van der Waals surface area contributed by atoms with E-state index in [1.807, 2.05) is 11.9 Å². The van der Waals surface area contributed by atoms with Crippen molar-refractivity contribution in [3.05, 3.63) is 41.8 Å². The molecular weight excluding hydrogens is 285 g/mol. The molecule has 0 fully saturated rings. The summed E-state index contributed by atoms with van der Waals surface area (Å²) in [4.78, 5) is 18.3. The summed E-state index contributed by atoms with van der Waals surface area (Å²) in [5.41, 5.74) is 13.0. The predicted octanol–water partition coefficient (Wildman–Crippen LogP) is 1.36. The Morgan fingerprint density at radius 1 is 1.09 bits per heavy atom. The second-order valence-corrected chi connectivity index (χ2v) is 4.85. The molecule has 0 saturated carbocycles. The van der Waals surface area contributed by atoms with Gasteiger partial charge in [-0.15, -0.1) is 0 Å². The lowest BCUT2D eigenvalue weighted by Gasteiger charge is -2.18. The molecule has 22 heavy (non-hydrogen) atoms. The predicted molar refractivity (Wildman–Crippen MR) is 82.5 cm³/mol. The van der Waals surface area contributed by atoms with Gasteiger partial charge in [0.05, 0.1) is 6.20 Å². The van der Waals surface area contributed by atoms with Crippen molar-refractivity contribution in [2.45, 2.75) is 6.54 Å². The van der Waals surface area contributed by atoms with Crippen LogP contribution in [0.3, 0.4) is 0 Å². The summed E-state index contributed by atoms with van der Waals surface area (Å²) in [5.74, 6) is 0.593. The van der Waals surface area contributed by atoms with E-state index in [4.69, 9.17) is 11.5 Å². The van der Waals surface area contributed by atoms with Crippen LogP contribution in [0.15, 0.2) is 30.5 Å². The van der Waals surface area contributed by atoms with Crippen LogP contribution in [0.4, 0.5) is 22.0 Å². The molecule has 0 aliphatic heterocycles. The second kappa shape index (κ2) is 5.40. The first-order valence-electron chi connectivity index (χ1n) is 6.54. The van der Waals surface area contributed by atoms with Gasteiger partial charge in [-0.25, -0.2) is 14.4 Å². The van der Waals surface area contributed by atoms with Gasteiger partial charge in [0.25, 0.3) is 0 Å². The summed E-state index contributed by atoms with van der Waals surface area (Å²) in [7, 11) is 1.85. The first kappa shape index (κ1) is 13.9. The molecule has 0 spiro atoms. The van der Waals surface area contributed by atoms with Gasteiger partial charge >= 0.3 is 0 Å². The lowest BCUT2D eigenvalue weighted by molar-refractivity contribution is 0.627. The number of anilines is 3. The van der Waals surface area contributed by atoms with Crippen LogP contribution in [0, 0.1) is 5.82 Å². The molecule has 2 aromatic heterocycles. The number of rotatable bonds is 3. The number of hydrogen-bond donors (Lipinski definition) is 2. The summed E-state index contributed by atoms with van der Waals surface area (Å²) in [6.45, 7) is 0.552. The fourth-order valence-corrected chi connectivity index (χ4v) is 2.07. The zero-order valence-corrected chi connectivity index (χ0v) is 11.9. The van der Waals surface area contributed by atoms with Gasteiger partial charge in [0.1, 0.15) is 11.6 Å². The molecule has 0 atom stereocenters. The zero-order chi connectivity index (χ0) is 15.7. The summed E-state index contributed by atoms with van der Waals surface area (Å²) in [6, 6.07) is 6.28. The minimum Gasteiger partial charge on any atom is -0.382 e. The van der Waals surface area contributed by atoms with Gasteiger partial charge in [0.15, 0.2) is 17.0 Å². The molecule has 2 heterocycles. The van der Waals surface area contributed by atoms with Crippen molar-refractivity contribution in [2.75, 3.05) is 23.4 Å². The van der Waals surface area contributed by atoms with Crippen molar-refractivity contribution in [3.63, 3.8) is 0 Å². The smallest absolute Gasteiger partial charge is 0.224 e. The van der Waals surface area contributed by atoms with Crippen LogP contribution in [0.25, 0.3) is 11.2 Å². The normalized spacial score (nSPS) is 10.8. The highest BCUT2D eigenvalue weighted by Crippen LogP contribution is 2.19. The third kappa shape index (κ3) is 2.71. The van der Waals surface area contributed by atoms with Crippen LogP contribution in [0.1, 0.15) is 5.56 Å². The largest absolute Gasteiger partial charge is 0.382 e. The molecule has 0 aliphatic rings. The molecule has 0 radical (unpaired) electrons. The Labute approximate surface area is 125 Å². The Kier molecular flexibility index (Phi) is 3.42. The maximum atomic E-state index is 12.9. The van der Waals surface area contributed by atoms with Crippen molar-refractivity contribution in [1.82, 2.24) is 19.9 Å². The van der Waals surface area contributed by atoms with Crippen molar-refractivity contribution in [3.8, 4) is 0 Å². The van der Waals surface area contributed by atoms with E-state index in [-0.39, 0.29) is 17.6 Å². The van der Waals surface area contributed by atoms with E-state index >= 15 is 0 Å². The number of nitrogens with zero attached hydrogens (tertiary/aromatic N) is 5. The lowest BCUT2D eigenvalue weighted by Crippen LogP contribution is -2.18. The standard InChI is InChI=1S/C14H14FN7/c1-22(7-8-2-4-9(15)5-3-8)10-6-18-13-11(19-10)12(16)20-14(17)21-13/h2-6H,7H2,1H3,(H4,16,17,18,20,21). The van der Waals surface area contributed by atoms with Crippen LogP contribution in [-0.4, -0.2) is 27.0 Å². The fraction of sp³-hybridized carbons (Fsp3) is 0.143. The molecule has 7 nitrogen and oxygen atoms in total.